The molecule has 2 rings (SSSR count). The molecule has 0 saturated heterocycles. The molecule has 1 aliphatic carbocycles. The Kier molecular flexibility index (Phi) is 3.59. The normalized spacial score (nSPS) is 15.8. The number of pyridine rings is 1. The Morgan fingerprint density at radius 1 is 1.38 bits per heavy atom. The molecule has 0 atom stereocenters. The standard InChI is InChI=1S/C14H22N2/c1-10(2)14-11(3)4-7-13(16-14)9-15-8-12-5-6-12/h4,7,10,12,15H,5-6,8-9H2,1-3H3. The molecule has 1 saturated carbocycles. The van der Waals surface area contributed by atoms with Crippen molar-refractivity contribution in [2.45, 2.75) is 46.1 Å². The Labute approximate surface area is 98.5 Å². The summed E-state index contributed by atoms with van der Waals surface area (Å²) in [6.45, 7) is 8.63. The van der Waals surface area contributed by atoms with Gasteiger partial charge < -0.3 is 5.32 Å². The van der Waals surface area contributed by atoms with Gasteiger partial charge in [0.15, 0.2) is 0 Å². The van der Waals surface area contributed by atoms with Gasteiger partial charge in [0.05, 0.1) is 5.69 Å². The maximum absolute atomic E-state index is 4.73. The molecule has 1 fully saturated rings. The Balaban J connectivity index is 1.94. The van der Waals surface area contributed by atoms with Gasteiger partial charge in [-0.2, -0.15) is 0 Å². The van der Waals surface area contributed by atoms with Crippen molar-refractivity contribution in [2.24, 2.45) is 5.92 Å². The minimum absolute atomic E-state index is 0.517. The summed E-state index contributed by atoms with van der Waals surface area (Å²) >= 11 is 0. The first-order valence-corrected chi connectivity index (χ1v) is 6.34. The second kappa shape index (κ2) is 4.96. The van der Waals surface area contributed by atoms with Gasteiger partial charge in [0.25, 0.3) is 0 Å². The summed E-state index contributed by atoms with van der Waals surface area (Å²) in [5, 5.41) is 3.49. The lowest BCUT2D eigenvalue weighted by atomic mass is 10.0. The van der Waals surface area contributed by atoms with Crippen molar-refractivity contribution in [3.8, 4) is 0 Å². The van der Waals surface area contributed by atoms with Gasteiger partial charge in [-0.1, -0.05) is 19.9 Å². The van der Waals surface area contributed by atoms with Crippen molar-refractivity contribution < 1.29 is 0 Å². The SMILES string of the molecule is Cc1ccc(CNCC2CC2)nc1C(C)C. The average molecular weight is 218 g/mol. The molecule has 1 aromatic rings. The summed E-state index contributed by atoms with van der Waals surface area (Å²) in [5.74, 6) is 1.46. The van der Waals surface area contributed by atoms with Crippen LogP contribution in [0.5, 0.6) is 0 Å². The van der Waals surface area contributed by atoms with E-state index < -0.39 is 0 Å². The number of nitrogens with one attached hydrogen (secondary N) is 1. The quantitative estimate of drug-likeness (QED) is 0.821. The van der Waals surface area contributed by atoms with E-state index in [-0.39, 0.29) is 0 Å². The van der Waals surface area contributed by atoms with Crippen LogP contribution in [0.1, 0.15) is 49.6 Å². The predicted molar refractivity (Wildman–Crippen MR) is 67.5 cm³/mol. The molecule has 0 bridgehead atoms. The van der Waals surface area contributed by atoms with Crippen LogP contribution in [0.4, 0.5) is 0 Å². The van der Waals surface area contributed by atoms with E-state index in [1.165, 1.54) is 29.8 Å². The maximum atomic E-state index is 4.73. The smallest absolute Gasteiger partial charge is 0.0545 e. The van der Waals surface area contributed by atoms with Crippen LogP contribution in [-0.2, 0) is 6.54 Å². The molecule has 16 heavy (non-hydrogen) atoms. The Bertz CT molecular complexity index is 354. The Morgan fingerprint density at radius 3 is 2.75 bits per heavy atom. The fourth-order valence-electron chi connectivity index (χ4n) is 2.00. The van der Waals surface area contributed by atoms with Crippen molar-refractivity contribution in [1.29, 1.82) is 0 Å². The first kappa shape index (κ1) is 11.6. The lowest BCUT2D eigenvalue weighted by Gasteiger charge is -2.11. The molecule has 0 spiro atoms. The van der Waals surface area contributed by atoms with Crippen molar-refractivity contribution in [3.63, 3.8) is 0 Å². The molecule has 0 radical (unpaired) electrons. The molecule has 2 nitrogen and oxygen atoms in total. The van der Waals surface area contributed by atoms with Gasteiger partial charge in [-0.25, -0.2) is 0 Å². The van der Waals surface area contributed by atoms with Gasteiger partial charge in [-0.05, 0) is 49.8 Å². The lowest BCUT2D eigenvalue weighted by molar-refractivity contribution is 0.626. The van der Waals surface area contributed by atoms with Crippen LogP contribution < -0.4 is 5.32 Å². The number of aromatic nitrogens is 1. The highest BCUT2D eigenvalue weighted by Gasteiger charge is 2.20. The molecule has 1 aliphatic rings. The van der Waals surface area contributed by atoms with Gasteiger partial charge in [-0.15, -0.1) is 0 Å². The summed E-state index contributed by atoms with van der Waals surface area (Å²) in [5.41, 5.74) is 3.72. The van der Waals surface area contributed by atoms with E-state index in [0.29, 0.717) is 5.92 Å². The first-order valence-electron chi connectivity index (χ1n) is 6.34. The van der Waals surface area contributed by atoms with E-state index in [1.54, 1.807) is 0 Å². The third-order valence-corrected chi connectivity index (χ3v) is 3.18. The first-order chi connectivity index (χ1) is 7.66. The van der Waals surface area contributed by atoms with Crippen LogP contribution >= 0.6 is 0 Å². The zero-order valence-electron chi connectivity index (χ0n) is 10.6. The topological polar surface area (TPSA) is 24.9 Å². The molecule has 0 amide bonds. The number of hydrogen-bond donors (Lipinski definition) is 1. The van der Waals surface area contributed by atoms with Crippen molar-refractivity contribution in [2.75, 3.05) is 6.54 Å². The predicted octanol–water partition coefficient (Wildman–Crippen LogP) is 3.01. The van der Waals surface area contributed by atoms with Crippen molar-refractivity contribution in [1.82, 2.24) is 10.3 Å². The molecule has 1 aromatic heterocycles. The van der Waals surface area contributed by atoms with Crippen LogP contribution in [0.3, 0.4) is 0 Å². The van der Waals surface area contributed by atoms with E-state index in [1.807, 2.05) is 0 Å². The molecule has 1 N–H and O–H groups in total. The van der Waals surface area contributed by atoms with Crippen molar-refractivity contribution in [3.05, 3.63) is 29.1 Å². The van der Waals surface area contributed by atoms with Crippen LogP contribution in [0.25, 0.3) is 0 Å². The summed E-state index contributed by atoms with van der Waals surface area (Å²) in [6.07, 6.45) is 2.82. The molecule has 0 unspecified atom stereocenters. The van der Waals surface area contributed by atoms with E-state index >= 15 is 0 Å². The zero-order valence-corrected chi connectivity index (χ0v) is 10.6. The van der Waals surface area contributed by atoms with Gasteiger partial charge in [0.1, 0.15) is 0 Å². The third-order valence-electron chi connectivity index (χ3n) is 3.18. The lowest BCUT2D eigenvalue weighted by Crippen LogP contribution is -2.17. The van der Waals surface area contributed by atoms with E-state index in [9.17, 15) is 0 Å². The summed E-state index contributed by atoms with van der Waals surface area (Å²) < 4.78 is 0. The summed E-state index contributed by atoms with van der Waals surface area (Å²) in [6, 6.07) is 4.33. The zero-order chi connectivity index (χ0) is 11.5. The minimum Gasteiger partial charge on any atom is -0.311 e. The molecule has 2 heteroatoms. The second-order valence-electron chi connectivity index (χ2n) is 5.23. The molecule has 88 valence electrons. The molecular formula is C14H22N2. The highest BCUT2D eigenvalue weighted by Crippen LogP contribution is 2.27. The van der Waals surface area contributed by atoms with Crippen molar-refractivity contribution >= 4 is 0 Å². The largest absolute Gasteiger partial charge is 0.311 e. The van der Waals surface area contributed by atoms with E-state index in [4.69, 9.17) is 4.98 Å². The molecule has 1 heterocycles. The minimum atomic E-state index is 0.517. The summed E-state index contributed by atoms with van der Waals surface area (Å²) in [4.78, 5) is 4.73. The van der Waals surface area contributed by atoms with E-state index in [0.717, 1.165) is 19.0 Å². The number of nitrogens with zero attached hydrogens (tertiary/aromatic N) is 1. The van der Waals surface area contributed by atoms with Crippen LogP contribution in [0, 0.1) is 12.8 Å². The van der Waals surface area contributed by atoms with Crippen LogP contribution in [-0.4, -0.2) is 11.5 Å². The summed E-state index contributed by atoms with van der Waals surface area (Å²) in [7, 11) is 0. The number of rotatable bonds is 5. The average Bonchev–Trinajstić information content (AvgIpc) is 3.04. The maximum Gasteiger partial charge on any atom is 0.0545 e. The Morgan fingerprint density at radius 2 is 2.12 bits per heavy atom. The Hall–Kier alpha value is -0.890. The molecular weight excluding hydrogens is 196 g/mol. The second-order valence-corrected chi connectivity index (χ2v) is 5.23. The van der Waals surface area contributed by atoms with Gasteiger partial charge in [0, 0.05) is 12.2 Å². The number of aryl methyl sites for hydroxylation is 1. The van der Waals surface area contributed by atoms with Gasteiger partial charge >= 0.3 is 0 Å². The number of hydrogen-bond acceptors (Lipinski definition) is 2. The third kappa shape index (κ3) is 3.05. The molecule has 0 aliphatic heterocycles. The molecule has 0 aromatic carbocycles. The van der Waals surface area contributed by atoms with Crippen LogP contribution in [0.2, 0.25) is 0 Å². The van der Waals surface area contributed by atoms with Crippen LogP contribution in [0.15, 0.2) is 12.1 Å². The van der Waals surface area contributed by atoms with Gasteiger partial charge in [-0.3, -0.25) is 4.98 Å². The highest BCUT2D eigenvalue weighted by molar-refractivity contribution is 5.24. The highest BCUT2D eigenvalue weighted by atomic mass is 14.9. The monoisotopic (exact) mass is 218 g/mol. The van der Waals surface area contributed by atoms with E-state index in [2.05, 4.69) is 38.2 Å². The fourth-order valence-corrected chi connectivity index (χ4v) is 2.00. The fraction of sp³-hybridized carbons (Fsp3) is 0.643. The van der Waals surface area contributed by atoms with Gasteiger partial charge in [0.2, 0.25) is 0 Å².